The summed E-state index contributed by atoms with van der Waals surface area (Å²) in [6.07, 6.45) is 3.00. The lowest BCUT2D eigenvalue weighted by Gasteiger charge is -2.33. The van der Waals surface area contributed by atoms with Crippen molar-refractivity contribution >= 4 is 16.9 Å². The van der Waals surface area contributed by atoms with E-state index in [0.29, 0.717) is 46.9 Å². The number of aromatic amines is 1. The zero-order valence-corrected chi connectivity index (χ0v) is 17.2. The summed E-state index contributed by atoms with van der Waals surface area (Å²) in [5.41, 5.74) is 9.99. The van der Waals surface area contributed by atoms with Crippen molar-refractivity contribution in [2.75, 3.05) is 18.0 Å². The van der Waals surface area contributed by atoms with Crippen LogP contribution in [0, 0.1) is 5.82 Å². The number of fused-ring (bicyclic) bond motifs is 1. The highest BCUT2D eigenvalue weighted by atomic mass is 19.3. The van der Waals surface area contributed by atoms with Crippen LogP contribution in [0.5, 0.6) is 0 Å². The molecule has 0 spiro atoms. The Morgan fingerprint density at radius 1 is 1.06 bits per heavy atom. The third-order valence-electron chi connectivity index (χ3n) is 5.82. The maximum atomic E-state index is 14.3. The molecule has 4 aromatic rings. The number of piperidine rings is 1. The number of alkyl halides is 2. The van der Waals surface area contributed by atoms with E-state index in [2.05, 4.69) is 19.9 Å². The lowest BCUT2D eigenvalue weighted by atomic mass is 10.0. The predicted octanol–water partition coefficient (Wildman–Crippen LogP) is 4.52. The summed E-state index contributed by atoms with van der Waals surface area (Å²) >= 11 is 0. The third kappa shape index (κ3) is 3.80. The van der Waals surface area contributed by atoms with Gasteiger partial charge in [0.05, 0.1) is 11.9 Å². The molecule has 3 aromatic heterocycles. The van der Waals surface area contributed by atoms with Gasteiger partial charge in [0.25, 0.3) is 5.92 Å². The highest BCUT2D eigenvalue weighted by Crippen LogP contribution is 2.32. The highest BCUT2D eigenvalue weighted by Gasteiger charge is 2.34. The summed E-state index contributed by atoms with van der Waals surface area (Å²) in [5.74, 6) is -2.43. The van der Waals surface area contributed by atoms with Crippen molar-refractivity contribution in [2.45, 2.75) is 25.3 Å². The van der Waals surface area contributed by atoms with E-state index in [-0.39, 0.29) is 25.2 Å². The topological polar surface area (TPSA) is 83.7 Å². The van der Waals surface area contributed by atoms with Crippen molar-refractivity contribution in [1.29, 1.82) is 0 Å². The van der Waals surface area contributed by atoms with E-state index in [1.807, 2.05) is 17.0 Å². The molecular formula is C23H21F3N6. The second kappa shape index (κ2) is 7.90. The predicted molar refractivity (Wildman–Crippen MR) is 117 cm³/mol. The van der Waals surface area contributed by atoms with Gasteiger partial charge in [-0.1, -0.05) is 12.1 Å². The molecule has 1 aliphatic heterocycles. The molecule has 0 unspecified atom stereocenters. The van der Waals surface area contributed by atoms with Gasteiger partial charge in [-0.3, -0.25) is 4.98 Å². The van der Waals surface area contributed by atoms with Gasteiger partial charge in [0.2, 0.25) is 0 Å². The Bertz CT molecular complexity index is 1260. The van der Waals surface area contributed by atoms with Crippen molar-refractivity contribution in [3.63, 3.8) is 0 Å². The first-order chi connectivity index (χ1) is 15.4. The van der Waals surface area contributed by atoms with Gasteiger partial charge in [-0.2, -0.15) is 0 Å². The summed E-state index contributed by atoms with van der Waals surface area (Å²) in [5, 5.41) is 0. The second-order valence-corrected chi connectivity index (χ2v) is 7.90. The molecule has 1 fully saturated rings. The Kier molecular flexibility index (Phi) is 5.05. The maximum Gasteiger partial charge on any atom is 0.251 e. The molecule has 1 saturated heterocycles. The standard InChI is InChI=1S/C23H21F3N6/c24-18-11-14(1-2-15(18)12-27)17-5-8-28-22-20(17)30-21(31-22)19-4-3-16(13-29-19)32-9-6-23(25,26)7-10-32/h1-5,8,11,13H,6-7,9-10,12,27H2,(H,28,30,31). The number of pyridine rings is 2. The lowest BCUT2D eigenvalue weighted by Crippen LogP contribution is -2.39. The minimum absolute atomic E-state index is 0.131. The molecule has 0 bridgehead atoms. The number of nitrogens with two attached hydrogens (primary N) is 1. The van der Waals surface area contributed by atoms with E-state index in [0.717, 1.165) is 11.3 Å². The van der Waals surface area contributed by atoms with Crippen LogP contribution in [-0.4, -0.2) is 38.9 Å². The van der Waals surface area contributed by atoms with Crippen LogP contribution in [0.25, 0.3) is 33.8 Å². The Balaban J connectivity index is 1.44. The monoisotopic (exact) mass is 438 g/mol. The Labute approximate surface area is 182 Å². The zero-order valence-electron chi connectivity index (χ0n) is 17.2. The van der Waals surface area contributed by atoms with Crippen LogP contribution in [0.2, 0.25) is 0 Å². The van der Waals surface area contributed by atoms with Gasteiger partial charge in [-0.25, -0.2) is 23.1 Å². The molecular weight excluding hydrogens is 417 g/mol. The van der Waals surface area contributed by atoms with Crippen molar-refractivity contribution in [3.05, 3.63) is 60.2 Å². The number of anilines is 1. The number of nitrogens with zero attached hydrogens (tertiary/aromatic N) is 4. The van der Waals surface area contributed by atoms with Crippen molar-refractivity contribution in [2.24, 2.45) is 5.73 Å². The van der Waals surface area contributed by atoms with Crippen LogP contribution in [0.3, 0.4) is 0 Å². The van der Waals surface area contributed by atoms with Crippen LogP contribution in [0.15, 0.2) is 48.8 Å². The minimum Gasteiger partial charge on any atom is -0.370 e. The number of H-pyrrole nitrogens is 1. The highest BCUT2D eigenvalue weighted by molar-refractivity contribution is 5.91. The first-order valence-corrected chi connectivity index (χ1v) is 10.4. The van der Waals surface area contributed by atoms with E-state index in [9.17, 15) is 13.2 Å². The SMILES string of the molecule is NCc1ccc(-c2ccnc3[nH]c(-c4ccc(N5CCC(F)(F)CC5)cn4)nc23)cc1F. The maximum absolute atomic E-state index is 14.3. The van der Waals surface area contributed by atoms with Crippen LogP contribution in [0.4, 0.5) is 18.9 Å². The van der Waals surface area contributed by atoms with Gasteiger partial charge in [0.1, 0.15) is 17.0 Å². The lowest BCUT2D eigenvalue weighted by molar-refractivity contribution is -0.0220. The minimum atomic E-state index is -2.59. The van der Waals surface area contributed by atoms with E-state index in [1.165, 1.54) is 6.07 Å². The fourth-order valence-corrected chi connectivity index (χ4v) is 3.95. The summed E-state index contributed by atoms with van der Waals surface area (Å²) in [6, 6.07) is 10.4. The zero-order chi connectivity index (χ0) is 22.3. The van der Waals surface area contributed by atoms with Gasteiger partial charge in [-0.15, -0.1) is 0 Å². The number of hydrogen-bond acceptors (Lipinski definition) is 5. The first-order valence-electron chi connectivity index (χ1n) is 10.4. The average Bonchev–Trinajstić information content (AvgIpc) is 3.24. The number of hydrogen-bond donors (Lipinski definition) is 2. The Morgan fingerprint density at radius 3 is 2.56 bits per heavy atom. The molecule has 0 amide bonds. The van der Waals surface area contributed by atoms with E-state index < -0.39 is 5.92 Å². The number of halogens is 3. The normalized spacial score (nSPS) is 15.9. The fourth-order valence-electron chi connectivity index (χ4n) is 3.95. The van der Waals surface area contributed by atoms with Crippen LogP contribution >= 0.6 is 0 Å². The number of aromatic nitrogens is 4. The van der Waals surface area contributed by atoms with Crippen molar-refractivity contribution in [3.8, 4) is 22.6 Å². The number of rotatable bonds is 4. The molecule has 5 rings (SSSR count). The number of imidazole rings is 1. The molecule has 1 aromatic carbocycles. The number of nitrogens with one attached hydrogen (secondary N) is 1. The van der Waals surface area contributed by atoms with E-state index in [4.69, 9.17) is 5.73 Å². The fraction of sp³-hybridized carbons (Fsp3) is 0.261. The van der Waals surface area contributed by atoms with Gasteiger partial charge in [0.15, 0.2) is 11.5 Å². The summed E-state index contributed by atoms with van der Waals surface area (Å²) in [4.78, 5) is 18.5. The molecule has 3 N–H and O–H groups in total. The molecule has 32 heavy (non-hydrogen) atoms. The molecule has 0 atom stereocenters. The van der Waals surface area contributed by atoms with Gasteiger partial charge >= 0.3 is 0 Å². The third-order valence-corrected chi connectivity index (χ3v) is 5.82. The molecule has 9 heteroatoms. The summed E-state index contributed by atoms with van der Waals surface area (Å²) < 4.78 is 41.1. The summed E-state index contributed by atoms with van der Waals surface area (Å²) in [7, 11) is 0. The van der Waals surface area contributed by atoms with Crippen LogP contribution in [-0.2, 0) is 6.54 Å². The van der Waals surface area contributed by atoms with Crippen molar-refractivity contribution < 1.29 is 13.2 Å². The smallest absolute Gasteiger partial charge is 0.251 e. The molecule has 0 radical (unpaired) electrons. The van der Waals surface area contributed by atoms with Crippen LogP contribution in [0.1, 0.15) is 18.4 Å². The van der Waals surface area contributed by atoms with Gasteiger partial charge in [0, 0.05) is 49.8 Å². The van der Waals surface area contributed by atoms with Gasteiger partial charge in [-0.05, 0) is 29.8 Å². The molecule has 6 nitrogen and oxygen atoms in total. The van der Waals surface area contributed by atoms with Crippen molar-refractivity contribution in [1.82, 2.24) is 19.9 Å². The molecule has 164 valence electrons. The Morgan fingerprint density at radius 2 is 1.88 bits per heavy atom. The van der Waals surface area contributed by atoms with Crippen LogP contribution < -0.4 is 10.6 Å². The average molecular weight is 438 g/mol. The number of benzene rings is 1. The Hall–Kier alpha value is -3.46. The molecule has 0 aliphatic carbocycles. The first kappa shape index (κ1) is 20.4. The largest absolute Gasteiger partial charge is 0.370 e. The molecule has 0 saturated carbocycles. The second-order valence-electron chi connectivity index (χ2n) is 7.90. The van der Waals surface area contributed by atoms with E-state index in [1.54, 1.807) is 30.6 Å². The van der Waals surface area contributed by atoms with Gasteiger partial charge < -0.3 is 15.6 Å². The molecule has 1 aliphatic rings. The molecule has 4 heterocycles. The van der Waals surface area contributed by atoms with E-state index >= 15 is 0 Å². The quantitative estimate of drug-likeness (QED) is 0.490. The summed E-state index contributed by atoms with van der Waals surface area (Å²) in [6.45, 7) is 0.725.